The van der Waals surface area contributed by atoms with Crippen molar-refractivity contribution < 1.29 is 0 Å². The highest BCUT2D eigenvalue weighted by molar-refractivity contribution is 6.66. The quantitative estimate of drug-likeness (QED) is 0.388. The van der Waals surface area contributed by atoms with E-state index in [4.69, 9.17) is 104 Å². The van der Waals surface area contributed by atoms with E-state index in [-0.39, 0.29) is 22.4 Å². The fourth-order valence-corrected chi connectivity index (χ4v) is 7.67. The molecule has 0 aromatic heterocycles. The second kappa shape index (κ2) is 4.25. The van der Waals surface area contributed by atoms with Crippen LogP contribution in [0.2, 0.25) is 0 Å². The summed E-state index contributed by atoms with van der Waals surface area (Å²) in [5.41, 5.74) is 0. The zero-order valence-corrected chi connectivity index (χ0v) is 15.6. The first kappa shape index (κ1) is 16.2. The van der Waals surface area contributed by atoms with Crippen molar-refractivity contribution in [2.24, 2.45) is 11.8 Å². The summed E-state index contributed by atoms with van der Waals surface area (Å²) in [6, 6.07) is 0. The lowest BCUT2D eigenvalue weighted by atomic mass is 9.84. The lowest BCUT2D eigenvalue weighted by Crippen LogP contribution is -2.48. The summed E-state index contributed by atoms with van der Waals surface area (Å²) in [4.78, 5) is -2.72. The van der Waals surface area contributed by atoms with Gasteiger partial charge in [-0.3, -0.25) is 0 Å². The molecule has 3 aliphatic carbocycles. The summed E-state index contributed by atoms with van der Waals surface area (Å²) < 4.78 is -2.76. The van der Waals surface area contributed by atoms with E-state index in [0.29, 0.717) is 0 Å². The Balaban J connectivity index is 2.27. The lowest BCUT2D eigenvalue weighted by molar-refractivity contribution is 0.385. The molecule has 2 bridgehead atoms. The average Bonchev–Trinajstić information content (AvgIpc) is 2.65. The summed E-state index contributed by atoms with van der Waals surface area (Å²) in [6.07, 6.45) is 0.286. The Hall–Kier alpha value is 2.35. The smallest absolute Gasteiger partial charge is 0.119 e. The molecule has 0 saturated heterocycles. The molecule has 0 aromatic carbocycles. The lowest BCUT2D eigenvalue weighted by Gasteiger charge is -2.36. The molecule has 0 heterocycles. The van der Waals surface area contributed by atoms with E-state index in [1.807, 2.05) is 0 Å². The first-order chi connectivity index (χ1) is 8.44. The number of allylic oxidation sites excluding steroid dienone is 2. The van der Waals surface area contributed by atoms with Crippen LogP contribution in [-0.2, 0) is 0 Å². The van der Waals surface area contributed by atoms with Gasteiger partial charge in [0.1, 0.15) is 14.1 Å². The molecule has 3 aliphatic rings. The Kier molecular flexibility index (Phi) is 3.63. The van der Waals surface area contributed by atoms with Gasteiger partial charge in [0.25, 0.3) is 0 Å². The molecule has 0 nitrogen and oxygen atoms in total. The van der Waals surface area contributed by atoms with Gasteiger partial charge in [-0.1, -0.05) is 69.6 Å². The molecule has 2 saturated carbocycles. The zero-order valence-electron chi connectivity index (χ0n) is 8.84. The van der Waals surface area contributed by atoms with Crippen LogP contribution in [0.15, 0.2) is 10.1 Å². The molecule has 5 unspecified atom stereocenters. The predicted molar refractivity (Wildman–Crippen MR) is 86.0 cm³/mol. The molecule has 5 atom stereocenters. The molecule has 3 rings (SSSR count). The monoisotopic (exact) mass is 440 g/mol. The van der Waals surface area contributed by atoms with Gasteiger partial charge in [-0.2, -0.15) is 0 Å². The van der Waals surface area contributed by atoms with Crippen molar-refractivity contribution in [1.29, 1.82) is 0 Å². The Morgan fingerprint density at radius 1 is 0.842 bits per heavy atom. The van der Waals surface area contributed by atoms with Gasteiger partial charge in [0.15, 0.2) is 4.33 Å². The number of halogens is 9. The maximum atomic E-state index is 6.62. The highest BCUT2D eigenvalue weighted by atomic mass is 35.5. The second-order valence-electron chi connectivity index (χ2n) is 5.13. The summed E-state index contributed by atoms with van der Waals surface area (Å²) in [7, 11) is 0. The van der Waals surface area contributed by atoms with Crippen molar-refractivity contribution in [3.8, 4) is 0 Å². The molecule has 0 aromatic rings. The van der Waals surface area contributed by atoms with Crippen LogP contribution >= 0.6 is 104 Å². The first-order valence-electron chi connectivity index (χ1n) is 5.27. The Bertz CT molecular complexity index is 497. The molecule has 0 radical (unpaired) electrons. The summed E-state index contributed by atoms with van der Waals surface area (Å²) >= 11 is 57.3. The summed E-state index contributed by atoms with van der Waals surface area (Å²) in [6.45, 7) is 0. The Morgan fingerprint density at radius 2 is 1.32 bits per heavy atom. The highest BCUT2D eigenvalue weighted by Crippen LogP contribution is 2.80. The topological polar surface area (TPSA) is 0 Å². The number of hydrogen-bond donors (Lipinski definition) is 0. The van der Waals surface area contributed by atoms with Crippen LogP contribution in [0.3, 0.4) is 0 Å². The van der Waals surface area contributed by atoms with E-state index in [1.54, 1.807) is 0 Å². The minimum Gasteiger partial charge on any atom is -0.119 e. The zero-order chi connectivity index (χ0) is 14.6. The van der Waals surface area contributed by atoms with Gasteiger partial charge in [-0.05, 0) is 12.3 Å². The van der Waals surface area contributed by atoms with Crippen molar-refractivity contribution in [2.45, 2.75) is 30.2 Å². The van der Waals surface area contributed by atoms with Crippen molar-refractivity contribution in [3.05, 3.63) is 10.1 Å². The van der Waals surface area contributed by atoms with Crippen molar-refractivity contribution >= 4 is 104 Å². The van der Waals surface area contributed by atoms with Crippen molar-refractivity contribution in [3.63, 3.8) is 0 Å². The van der Waals surface area contributed by atoms with E-state index in [0.717, 1.165) is 0 Å². The standard InChI is InChI=1S/C10H5Cl9/c11-4-3-2(1-7(4,14)15)8(16)5(12)6(13)9(3,17)10(8,18)19/h2-4H,1H2. The average molecular weight is 444 g/mol. The third kappa shape index (κ3) is 1.51. The number of rotatable bonds is 0. The van der Waals surface area contributed by atoms with Crippen LogP contribution in [0.5, 0.6) is 0 Å². The van der Waals surface area contributed by atoms with Gasteiger partial charge in [0, 0.05) is 5.92 Å². The largest absolute Gasteiger partial charge is 0.166 e. The minimum absolute atomic E-state index is 0.119. The molecule has 0 amide bonds. The third-order valence-electron chi connectivity index (χ3n) is 4.36. The van der Waals surface area contributed by atoms with Gasteiger partial charge in [-0.25, -0.2) is 0 Å². The van der Waals surface area contributed by atoms with Crippen LogP contribution in [0.25, 0.3) is 0 Å². The molecule has 108 valence electrons. The fourth-order valence-electron chi connectivity index (χ4n) is 3.48. The van der Waals surface area contributed by atoms with E-state index >= 15 is 0 Å². The van der Waals surface area contributed by atoms with E-state index in [2.05, 4.69) is 0 Å². The fraction of sp³-hybridized carbons (Fsp3) is 0.800. The normalized spacial score (nSPS) is 53.8. The molecular formula is C10H5Cl9. The maximum Gasteiger partial charge on any atom is 0.166 e. The first-order valence-corrected chi connectivity index (χ1v) is 8.73. The molecular weight excluding hydrogens is 439 g/mol. The van der Waals surface area contributed by atoms with Crippen molar-refractivity contribution in [2.75, 3.05) is 0 Å². The van der Waals surface area contributed by atoms with Crippen LogP contribution in [0.4, 0.5) is 0 Å². The molecule has 0 N–H and O–H groups in total. The van der Waals surface area contributed by atoms with Crippen LogP contribution < -0.4 is 0 Å². The van der Waals surface area contributed by atoms with Crippen LogP contribution in [0, 0.1) is 11.8 Å². The molecule has 2 fully saturated rings. The van der Waals surface area contributed by atoms with Gasteiger partial charge in [-0.15, -0.1) is 34.8 Å². The summed E-state index contributed by atoms with van der Waals surface area (Å²) in [5.74, 6) is -0.817. The molecule has 9 heteroatoms. The van der Waals surface area contributed by atoms with Gasteiger partial charge < -0.3 is 0 Å². The SMILES string of the molecule is ClC1=C(Cl)C2(Cl)C3C(Cl)C(Cl)(Cl)CC3C1(Cl)C2(Cl)Cl. The number of fused-ring (bicyclic) bond motifs is 5. The predicted octanol–water partition coefficient (Wildman–Crippen LogP) is 6.25. The van der Waals surface area contributed by atoms with Gasteiger partial charge >= 0.3 is 0 Å². The maximum absolute atomic E-state index is 6.62. The Labute approximate surface area is 155 Å². The van der Waals surface area contributed by atoms with E-state index in [1.165, 1.54) is 0 Å². The molecule has 19 heavy (non-hydrogen) atoms. The van der Waals surface area contributed by atoms with Crippen LogP contribution in [-0.4, -0.2) is 23.8 Å². The van der Waals surface area contributed by atoms with Crippen molar-refractivity contribution in [1.82, 2.24) is 0 Å². The second-order valence-corrected chi connectivity index (χ2v) is 10.4. The third-order valence-corrected chi connectivity index (χ3v) is 10.3. The molecule has 0 aliphatic heterocycles. The van der Waals surface area contributed by atoms with Gasteiger partial charge in [0.2, 0.25) is 0 Å². The van der Waals surface area contributed by atoms with Gasteiger partial charge in [0.05, 0.1) is 15.4 Å². The minimum atomic E-state index is -1.58. The van der Waals surface area contributed by atoms with Crippen LogP contribution in [0.1, 0.15) is 6.42 Å². The molecule has 0 spiro atoms. The highest BCUT2D eigenvalue weighted by Gasteiger charge is 2.86. The summed E-state index contributed by atoms with van der Waals surface area (Å²) in [5, 5.41) is -0.421. The Morgan fingerprint density at radius 3 is 1.84 bits per heavy atom. The number of alkyl halides is 7. The van der Waals surface area contributed by atoms with E-state index in [9.17, 15) is 0 Å². The van der Waals surface area contributed by atoms with E-state index < -0.39 is 29.7 Å². The number of hydrogen-bond acceptors (Lipinski definition) is 0.